The van der Waals surface area contributed by atoms with Gasteiger partial charge in [-0.3, -0.25) is 9.69 Å². The van der Waals surface area contributed by atoms with Crippen molar-refractivity contribution in [3.8, 4) is 11.5 Å². The molecule has 1 amide bonds. The number of aromatic carboxylic acids is 1. The molecule has 2 aromatic rings. The van der Waals surface area contributed by atoms with Gasteiger partial charge in [-0.2, -0.15) is 0 Å². The summed E-state index contributed by atoms with van der Waals surface area (Å²) in [5.41, 5.74) is -0.101. The standard InChI is InChI=1S/C17H13NO7/c19-15(17(22)23)18(12-4-2-1-3-11(12)16(20)21)10-5-6-13-14(9-10)25-8-7-24-13/h1-6,9H,7-8H2,(H,20,21)(H,22,23). The topological polar surface area (TPSA) is 113 Å². The lowest BCUT2D eigenvalue weighted by Gasteiger charge is -2.25. The summed E-state index contributed by atoms with van der Waals surface area (Å²) in [7, 11) is 0. The number of para-hydroxylation sites is 1. The number of anilines is 2. The van der Waals surface area contributed by atoms with Crippen molar-refractivity contribution in [3.05, 3.63) is 48.0 Å². The van der Waals surface area contributed by atoms with Crippen molar-refractivity contribution < 1.29 is 34.1 Å². The van der Waals surface area contributed by atoms with Crippen LogP contribution in [-0.4, -0.2) is 41.3 Å². The maximum atomic E-state index is 12.2. The molecule has 25 heavy (non-hydrogen) atoms. The van der Waals surface area contributed by atoms with E-state index in [1.165, 1.54) is 42.5 Å². The molecule has 2 aromatic carbocycles. The van der Waals surface area contributed by atoms with Crippen LogP contribution in [0.2, 0.25) is 0 Å². The fourth-order valence-corrected chi connectivity index (χ4v) is 2.48. The highest BCUT2D eigenvalue weighted by Crippen LogP contribution is 2.37. The summed E-state index contributed by atoms with van der Waals surface area (Å²) >= 11 is 0. The molecule has 2 N–H and O–H groups in total. The molecule has 0 unspecified atom stereocenters. The SMILES string of the molecule is O=C(O)C(=O)N(c1ccc2c(c1)OCCO2)c1ccccc1C(=O)O. The summed E-state index contributed by atoms with van der Waals surface area (Å²) in [6, 6.07) is 10.1. The first kappa shape index (κ1) is 16.3. The Morgan fingerprint density at radius 1 is 0.920 bits per heavy atom. The minimum Gasteiger partial charge on any atom is -0.486 e. The molecule has 0 saturated heterocycles. The van der Waals surface area contributed by atoms with Gasteiger partial charge in [-0.05, 0) is 24.3 Å². The zero-order valence-corrected chi connectivity index (χ0v) is 12.8. The number of nitrogens with zero attached hydrogens (tertiary/aromatic N) is 1. The number of rotatable bonds is 3. The molecule has 0 bridgehead atoms. The lowest BCUT2D eigenvalue weighted by molar-refractivity contribution is -0.148. The Hall–Kier alpha value is -3.55. The van der Waals surface area contributed by atoms with Gasteiger partial charge in [-0.1, -0.05) is 12.1 Å². The number of carboxylic acids is 2. The molecule has 0 radical (unpaired) electrons. The van der Waals surface area contributed by atoms with Gasteiger partial charge in [0, 0.05) is 6.07 Å². The molecular formula is C17H13NO7. The monoisotopic (exact) mass is 343 g/mol. The average Bonchev–Trinajstić information content (AvgIpc) is 2.62. The summed E-state index contributed by atoms with van der Waals surface area (Å²) in [6.45, 7) is 0.695. The summed E-state index contributed by atoms with van der Waals surface area (Å²) in [5, 5.41) is 18.5. The van der Waals surface area contributed by atoms with Crippen LogP contribution < -0.4 is 14.4 Å². The van der Waals surface area contributed by atoms with Crippen molar-refractivity contribution in [2.75, 3.05) is 18.1 Å². The van der Waals surface area contributed by atoms with Crippen molar-refractivity contribution in [2.45, 2.75) is 0 Å². The van der Waals surface area contributed by atoms with Crippen LogP contribution in [-0.2, 0) is 9.59 Å². The number of carbonyl (C=O) groups is 3. The molecule has 128 valence electrons. The minimum atomic E-state index is -1.71. The van der Waals surface area contributed by atoms with E-state index in [9.17, 15) is 19.5 Å². The van der Waals surface area contributed by atoms with Crippen LogP contribution in [0.15, 0.2) is 42.5 Å². The van der Waals surface area contributed by atoms with Crippen LogP contribution in [0.25, 0.3) is 0 Å². The Morgan fingerprint density at radius 2 is 1.60 bits per heavy atom. The van der Waals surface area contributed by atoms with Gasteiger partial charge in [0.15, 0.2) is 11.5 Å². The zero-order chi connectivity index (χ0) is 18.0. The average molecular weight is 343 g/mol. The Bertz CT molecular complexity index is 862. The molecule has 8 heteroatoms. The van der Waals surface area contributed by atoms with E-state index in [1.807, 2.05) is 0 Å². The third kappa shape index (κ3) is 3.09. The summed E-state index contributed by atoms with van der Waals surface area (Å²) in [4.78, 5) is 35.8. The predicted octanol–water partition coefficient (Wildman–Crippen LogP) is 1.91. The molecular weight excluding hydrogens is 330 g/mol. The fourth-order valence-electron chi connectivity index (χ4n) is 2.48. The first-order valence-corrected chi connectivity index (χ1v) is 7.28. The minimum absolute atomic E-state index is 0.0564. The molecule has 0 aliphatic carbocycles. The summed E-state index contributed by atoms with van der Waals surface area (Å²) in [5.74, 6) is -3.47. The fraction of sp³-hybridized carbons (Fsp3) is 0.118. The molecule has 0 saturated carbocycles. The Labute approximate surface area is 141 Å². The van der Waals surface area contributed by atoms with Crippen LogP contribution in [0.1, 0.15) is 10.4 Å². The van der Waals surface area contributed by atoms with Crippen LogP contribution in [0.4, 0.5) is 11.4 Å². The highest BCUT2D eigenvalue weighted by molar-refractivity contribution is 6.39. The molecule has 3 rings (SSSR count). The number of amides is 1. The van der Waals surface area contributed by atoms with Gasteiger partial charge in [0.25, 0.3) is 0 Å². The number of fused-ring (bicyclic) bond motifs is 1. The Morgan fingerprint density at radius 3 is 2.28 bits per heavy atom. The van der Waals surface area contributed by atoms with Gasteiger partial charge < -0.3 is 19.7 Å². The number of carbonyl (C=O) groups excluding carboxylic acids is 1. The largest absolute Gasteiger partial charge is 0.486 e. The molecule has 1 heterocycles. The molecule has 1 aliphatic rings. The lowest BCUT2D eigenvalue weighted by Crippen LogP contribution is -2.33. The summed E-state index contributed by atoms with van der Waals surface area (Å²) < 4.78 is 10.8. The van der Waals surface area contributed by atoms with E-state index >= 15 is 0 Å². The van der Waals surface area contributed by atoms with E-state index in [-0.39, 0.29) is 16.9 Å². The maximum Gasteiger partial charge on any atom is 0.395 e. The van der Waals surface area contributed by atoms with E-state index in [1.54, 1.807) is 0 Å². The van der Waals surface area contributed by atoms with Gasteiger partial charge in [0.05, 0.1) is 16.9 Å². The number of hydrogen-bond acceptors (Lipinski definition) is 5. The first-order valence-electron chi connectivity index (χ1n) is 7.28. The van der Waals surface area contributed by atoms with Crippen molar-refractivity contribution in [2.24, 2.45) is 0 Å². The van der Waals surface area contributed by atoms with Gasteiger partial charge in [-0.25, -0.2) is 9.59 Å². The van der Waals surface area contributed by atoms with Crippen molar-refractivity contribution in [3.63, 3.8) is 0 Å². The van der Waals surface area contributed by atoms with Crippen molar-refractivity contribution >= 4 is 29.2 Å². The molecule has 0 atom stereocenters. The maximum absolute atomic E-state index is 12.2. The van der Waals surface area contributed by atoms with E-state index in [2.05, 4.69) is 0 Å². The van der Waals surface area contributed by atoms with Crippen LogP contribution in [0.3, 0.4) is 0 Å². The van der Waals surface area contributed by atoms with Gasteiger partial charge in [0.2, 0.25) is 0 Å². The number of ether oxygens (including phenoxy) is 2. The molecule has 0 fully saturated rings. The van der Waals surface area contributed by atoms with Crippen LogP contribution in [0.5, 0.6) is 11.5 Å². The van der Waals surface area contributed by atoms with E-state index in [0.717, 1.165) is 4.90 Å². The third-order valence-corrected chi connectivity index (χ3v) is 3.55. The Balaban J connectivity index is 2.15. The number of aliphatic carboxylic acids is 1. The van der Waals surface area contributed by atoms with Crippen LogP contribution >= 0.6 is 0 Å². The second-order valence-electron chi connectivity index (χ2n) is 5.10. The highest BCUT2D eigenvalue weighted by atomic mass is 16.6. The normalized spacial score (nSPS) is 12.3. The van der Waals surface area contributed by atoms with Gasteiger partial charge >= 0.3 is 17.8 Å². The molecule has 0 spiro atoms. The molecule has 1 aliphatic heterocycles. The van der Waals surface area contributed by atoms with E-state index < -0.39 is 17.8 Å². The van der Waals surface area contributed by atoms with Crippen molar-refractivity contribution in [1.82, 2.24) is 0 Å². The zero-order valence-electron chi connectivity index (χ0n) is 12.8. The molecule has 8 nitrogen and oxygen atoms in total. The van der Waals surface area contributed by atoms with Crippen molar-refractivity contribution in [1.29, 1.82) is 0 Å². The number of hydrogen-bond donors (Lipinski definition) is 2. The first-order chi connectivity index (χ1) is 12.0. The highest BCUT2D eigenvalue weighted by Gasteiger charge is 2.29. The predicted molar refractivity (Wildman–Crippen MR) is 85.6 cm³/mol. The quantitative estimate of drug-likeness (QED) is 0.818. The van der Waals surface area contributed by atoms with E-state index in [0.29, 0.717) is 24.7 Å². The second kappa shape index (κ2) is 6.52. The number of carboxylic acid groups (broad SMARTS) is 2. The number of benzene rings is 2. The Kier molecular flexibility index (Phi) is 4.25. The van der Waals surface area contributed by atoms with E-state index in [4.69, 9.17) is 14.6 Å². The van der Waals surface area contributed by atoms with Crippen LogP contribution in [0, 0.1) is 0 Å². The smallest absolute Gasteiger partial charge is 0.395 e. The second-order valence-corrected chi connectivity index (χ2v) is 5.10. The summed E-state index contributed by atoms with van der Waals surface area (Å²) in [6.07, 6.45) is 0. The lowest BCUT2D eigenvalue weighted by atomic mass is 10.1. The third-order valence-electron chi connectivity index (χ3n) is 3.55. The van der Waals surface area contributed by atoms with Gasteiger partial charge in [0.1, 0.15) is 13.2 Å². The molecule has 0 aromatic heterocycles. The van der Waals surface area contributed by atoms with Gasteiger partial charge in [-0.15, -0.1) is 0 Å².